The van der Waals surface area contributed by atoms with Crippen LogP contribution in [0, 0.1) is 5.82 Å². The zero-order valence-corrected chi connectivity index (χ0v) is 11.7. The smallest absolute Gasteiger partial charge is 0.173 e. The molecule has 0 aromatic heterocycles. The maximum Gasteiger partial charge on any atom is 0.173 e. The van der Waals surface area contributed by atoms with Crippen molar-refractivity contribution in [2.75, 3.05) is 5.33 Å². The first kappa shape index (κ1) is 13.7. The molecule has 0 aliphatic rings. The van der Waals surface area contributed by atoms with E-state index in [9.17, 15) is 9.18 Å². The molecule has 0 saturated heterocycles. The van der Waals surface area contributed by atoms with Gasteiger partial charge in [-0.2, -0.15) is 0 Å². The number of hydrogen-bond donors (Lipinski definition) is 0. The lowest BCUT2D eigenvalue weighted by Gasteiger charge is -2.08. The van der Waals surface area contributed by atoms with Crippen LogP contribution in [0.4, 0.5) is 4.39 Å². The van der Waals surface area contributed by atoms with Crippen molar-refractivity contribution in [2.24, 2.45) is 0 Å². The van der Waals surface area contributed by atoms with Crippen LogP contribution < -0.4 is 4.74 Å². The van der Waals surface area contributed by atoms with Gasteiger partial charge in [-0.15, -0.1) is 0 Å². The summed E-state index contributed by atoms with van der Waals surface area (Å²) >= 11 is 3.10. The fraction of sp³-hybridized carbons (Fsp3) is 0.133. The van der Waals surface area contributed by atoms with Crippen molar-refractivity contribution >= 4 is 21.7 Å². The van der Waals surface area contributed by atoms with Crippen LogP contribution in [0.1, 0.15) is 15.9 Å². The monoisotopic (exact) mass is 322 g/mol. The van der Waals surface area contributed by atoms with E-state index in [0.717, 1.165) is 0 Å². The number of ketones is 1. The van der Waals surface area contributed by atoms with Gasteiger partial charge in [0.15, 0.2) is 5.78 Å². The molecule has 0 N–H and O–H groups in total. The number of rotatable bonds is 5. The molecule has 0 radical (unpaired) electrons. The molecule has 0 amide bonds. The Morgan fingerprint density at radius 2 is 1.89 bits per heavy atom. The summed E-state index contributed by atoms with van der Waals surface area (Å²) in [4.78, 5) is 11.5. The molecule has 0 spiro atoms. The summed E-state index contributed by atoms with van der Waals surface area (Å²) < 4.78 is 19.1. The second-order valence-corrected chi connectivity index (χ2v) is 4.53. The van der Waals surface area contributed by atoms with Gasteiger partial charge in [-0.3, -0.25) is 4.79 Å². The molecular weight excluding hydrogens is 311 g/mol. The molecule has 2 aromatic carbocycles. The molecule has 0 bridgehead atoms. The number of carbonyl (C=O) groups excluding carboxylic acids is 1. The molecule has 2 rings (SSSR count). The Hall–Kier alpha value is -1.68. The standard InChI is InChI=1S/C15H12BrFO2/c16-9-15(18)11-6-7-14(17)12(8-11)10-19-13-4-2-1-3-5-13/h1-8H,9-10H2. The molecule has 0 unspecified atom stereocenters. The average Bonchev–Trinajstić information content (AvgIpc) is 2.46. The minimum Gasteiger partial charge on any atom is -0.489 e. The van der Waals surface area contributed by atoms with E-state index in [1.165, 1.54) is 18.2 Å². The van der Waals surface area contributed by atoms with E-state index in [2.05, 4.69) is 15.9 Å². The van der Waals surface area contributed by atoms with Crippen LogP contribution in [0.3, 0.4) is 0 Å². The zero-order valence-electron chi connectivity index (χ0n) is 10.1. The van der Waals surface area contributed by atoms with Crippen LogP contribution in [0.15, 0.2) is 48.5 Å². The van der Waals surface area contributed by atoms with Crippen molar-refractivity contribution in [3.63, 3.8) is 0 Å². The highest BCUT2D eigenvalue weighted by atomic mass is 79.9. The first-order valence-corrected chi connectivity index (χ1v) is 6.88. The van der Waals surface area contributed by atoms with Gasteiger partial charge in [-0.05, 0) is 30.3 Å². The largest absolute Gasteiger partial charge is 0.489 e. The van der Waals surface area contributed by atoms with Gasteiger partial charge in [0.2, 0.25) is 0 Å². The predicted octanol–water partition coefficient (Wildman–Crippen LogP) is 3.98. The van der Waals surface area contributed by atoms with Gasteiger partial charge >= 0.3 is 0 Å². The topological polar surface area (TPSA) is 26.3 Å². The van der Waals surface area contributed by atoms with Crippen LogP contribution in [0.5, 0.6) is 5.75 Å². The third kappa shape index (κ3) is 3.64. The molecule has 4 heteroatoms. The van der Waals surface area contributed by atoms with E-state index >= 15 is 0 Å². The second-order valence-electron chi connectivity index (χ2n) is 3.96. The summed E-state index contributed by atoms with van der Waals surface area (Å²) in [5.74, 6) is 0.210. The molecule has 2 aromatic rings. The van der Waals surface area contributed by atoms with E-state index in [4.69, 9.17) is 4.74 Å². The third-order valence-electron chi connectivity index (χ3n) is 2.63. The summed E-state index contributed by atoms with van der Waals surface area (Å²) in [6.45, 7) is 0.0965. The molecule has 0 atom stereocenters. The Labute approximate surface area is 119 Å². The van der Waals surface area contributed by atoms with Crippen LogP contribution in [0.25, 0.3) is 0 Å². The van der Waals surface area contributed by atoms with E-state index in [0.29, 0.717) is 16.9 Å². The van der Waals surface area contributed by atoms with Gasteiger partial charge < -0.3 is 4.74 Å². The number of hydrogen-bond acceptors (Lipinski definition) is 2. The van der Waals surface area contributed by atoms with Gasteiger partial charge in [0, 0.05) is 11.1 Å². The van der Waals surface area contributed by atoms with Crippen molar-refractivity contribution in [3.8, 4) is 5.75 Å². The number of halogens is 2. The van der Waals surface area contributed by atoms with Crippen molar-refractivity contribution in [2.45, 2.75) is 6.61 Å². The van der Waals surface area contributed by atoms with Gasteiger partial charge in [0.25, 0.3) is 0 Å². The Balaban J connectivity index is 2.13. The third-order valence-corrected chi connectivity index (χ3v) is 3.14. The van der Waals surface area contributed by atoms with Crippen molar-refractivity contribution in [3.05, 3.63) is 65.5 Å². The van der Waals surface area contributed by atoms with E-state index in [1.54, 1.807) is 12.1 Å². The van der Waals surface area contributed by atoms with Crippen molar-refractivity contribution in [1.82, 2.24) is 0 Å². The molecule has 0 fully saturated rings. The lowest BCUT2D eigenvalue weighted by atomic mass is 10.1. The molecule has 0 heterocycles. The first-order chi connectivity index (χ1) is 9.20. The van der Waals surface area contributed by atoms with Gasteiger partial charge in [-0.1, -0.05) is 34.1 Å². The number of ether oxygens (including phenoxy) is 1. The quantitative estimate of drug-likeness (QED) is 0.614. The highest BCUT2D eigenvalue weighted by molar-refractivity contribution is 9.09. The number of para-hydroxylation sites is 1. The van der Waals surface area contributed by atoms with Crippen molar-refractivity contribution in [1.29, 1.82) is 0 Å². The summed E-state index contributed by atoms with van der Waals surface area (Å²) in [5, 5.41) is 0.220. The lowest BCUT2D eigenvalue weighted by molar-refractivity contribution is 0.102. The van der Waals surface area contributed by atoms with E-state index < -0.39 is 0 Å². The van der Waals surface area contributed by atoms with Gasteiger partial charge in [0.1, 0.15) is 18.2 Å². The SMILES string of the molecule is O=C(CBr)c1ccc(F)c(COc2ccccc2)c1. The summed E-state index contributed by atoms with van der Waals surface area (Å²) in [6, 6.07) is 13.5. The van der Waals surface area contributed by atoms with Crippen LogP contribution in [-0.4, -0.2) is 11.1 Å². The summed E-state index contributed by atoms with van der Waals surface area (Å²) in [7, 11) is 0. The minimum atomic E-state index is -0.373. The van der Waals surface area contributed by atoms with E-state index in [-0.39, 0.29) is 23.5 Å². The average molecular weight is 323 g/mol. The fourth-order valence-corrected chi connectivity index (χ4v) is 1.94. The van der Waals surface area contributed by atoms with Crippen LogP contribution in [0.2, 0.25) is 0 Å². The maximum absolute atomic E-state index is 13.6. The molecular formula is C15H12BrFO2. The van der Waals surface area contributed by atoms with Crippen LogP contribution >= 0.6 is 15.9 Å². The van der Waals surface area contributed by atoms with Gasteiger partial charge in [0.05, 0.1) is 5.33 Å². The lowest BCUT2D eigenvalue weighted by Crippen LogP contribution is -2.04. The number of Topliss-reactive ketones (excluding diaryl/α,β-unsaturated/α-hetero) is 1. The van der Waals surface area contributed by atoms with Gasteiger partial charge in [-0.25, -0.2) is 4.39 Å². The Morgan fingerprint density at radius 3 is 2.58 bits per heavy atom. The fourth-order valence-electron chi connectivity index (χ4n) is 1.61. The Bertz CT molecular complexity index is 570. The zero-order chi connectivity index (χ0) is 13.7. The molecule has 19 heavy (non-hydrogen) atoms. The van der Waals surface area contributed by atoms with E-state index in [1.807, 2.05) is 18.2 Å². The second kappa shape index (κ2) is 6.48. The summed E-state index contributed by atoms with van der Waals surface area (Å²) in [6.07, 6.45) is 0. The number of alkyl halides is 1. The minimum absolute atomic E-state index is 0.0824. The highest BCUT2D eigenvalue weighted by Gasteiger charge is 2.09. The molecule has 2 nitrogen and oxygen atoms in total. The normalized spacial score (nSPS) is 10.2. The van der Waals surface area contributed by atoms with Crippen molar-refractivity contribution < 1.29 is 13.9 Å². The molecule has 0 aliphatic heterocycles. The Morgan fingerprint density at radius 1 is 1.16 bits per heavy atom. The number of benzene rings is 2. The summed E-state index contributed by atoms with van der Waals surface area (Å²) in [5.41, 5.74) is 0.848. The molecule has 98 valence electrons. The maximum atomic E-state index is 13.6. The number of carbonyl (C=O) groups is 1. The molecule has 0 saturated carbocycles. The predicted molar refractivity (Wildman–Crippen MR) is 75.3 cm³/mol. The highest BCUT2D eigenvalue weighted by Crippen LogP contribution is 2.16. The Kier molecular flexibility index (Phi) is 4.68. The first-order valence-electron chi connectivity index (χ1n) is 5.76. The molecule has 0 aliphatic carbocycles. The van der Waals surface area contributed by atoms with Crippen LogP contribution in [-0.2, 0) is 6.61 Å².